The van der Waals surface area contributed by atoms with Gasteiger partial charge in [0.05, 0.1) is 14.2 Å². The topological polar surface area (TPSA) is 38.7 Å². The first-order valence-electron chi connectivity index (χ1n) is 8.58. The van der Waals surface area contributed by atoms with Crippen molar-refractivity contribution in [3.05, 3.63) is 65.2 Å². The molecule has 0 aliphatic heterocycles. The summed E-state index contributed by atoms with van der Waals surface area (Å²) in [4.78, 5) is 0. The van der Waals surface area contributed by atoms with Crippen LogP contribution in [0.4, 0.5) is 0 Å². The van der Waals surface area contributed by atoms with Crippen LogP contribution in [0.2, 0.25) is 0 Å². The molecule has 1 N–H and O–H groups in total. The fourth-order valence-electron chi connectivity index (χ4n) is 3.25. The van der Waals surface area contributed by atoms with Crippen molar-refractivity contribution in [3.63, 3.8) is 0 Å². The summed E-state index contributed by atoms with van der Waals surface area (Å²) in [5.74, 6) is 1.70. The lowest BCUT2D eigenvalue weighted by molar-refractivity contribution is 0.415. The van der Waals surface area contributed by atoms with Crippen molar-refractivity contribution < 1.29 is 14.6 Å². The molecule has 0 aliphatic carbocycles. The molecule has 0 aromatic heterocycles. The molecule has 3 aromatic carbocycles. The molecule has 0 fully saturated rings. The van der Waals surface area contributed by atoms with Crippen LogP contribution in [-0.2, 0) is 0 Å². The number of benzene rings is 3. The maximum absolute atomic E-state index is 11.1. The molecule has 0 bridgehead atoms. The number of rotatable bonds is 4. The van der Waals surface area contributed by atoms with Gasteiger partial charge in [-0.2, -0.15) is 0 Å². The zero-order valence-electron chi connectivity index (χ0n) is 15.9. The lowest BCUT2D eigenvalue weighted by atomic mass is 9.92. The molecule has 0 radical (unpaired) electrons. The smallest absolute Gasteiger partial charge is 0.131 e. The third kappa shape index (κ3) is 3.25. The molecule has 3 nitrogen and oxygen atoms in total. The standard InChI is InChI=1S/C23H24O3/c1-14-6-8-21(25-4)17(10-14)19-12-16(3)13-20(23(19)24)18-11-15(2)7-9-22(18)26-5/h6-13,24H,1-5H3. The number of hydrogen-bond acceptors (Lipinski definition) is 3. The van der Waals surface area contributed by atoms with E-state index in [9.17, 15) is 5.11 Å². The summed E-state index contributed by atoms with van der Waals surface area (Å²) in [5.41, 5.74) is 6.53. The molecule has 134 valence electrons. The van der Waals surface area contributed by atoms with Crippen molar-refractivity contribution in [3.8, 4) is 39.5 Å². The highest BCUT2D eigenvalue weighted by Crippen LogP contribution is 2.45. The van der Waals surface area contributed by atoms with Crippen LogP contribution in [0.3, 0.4) is 0 Å². The molecule has 0 spiro atoms. The predicted molar refractivity (Wildman–Crippen MR) is 106 cm³/mol. The molecule has 0 saturated carbocycles. The van der Waals surface area contributed by atoms with Crippen LogP contribution in [0.5, 0.6) is 17.2 Å². The zero-order chi connectivity index (χ0) is 18.8. The Balaban J connectivity index is 2.30. The van der Waals surface area contributed by atoms with Gasteiger partial charge in [-0.05, 0) is 62.7 Å². The molecule has 0 unspecified atom stereocenters. The van der Waals surface area contributed by atoms with Crippen LogP contribution in [0.1, 0.15) is 16.7 Å². The Morgan fingerprint density at radius 3 is 1.35 bits per heavy atom. The first-order valence-corrected chi connectivity index (χ1v) is 8.58. The van der Waals surface area contributed by atoms with Crippen LogP contribution in [0.25, 0.3) is 22.3 Å². The summed E-state index contributed by atoms with van der Waals surface area (Å²) < 4.78 is 11.0. The number of hydrogen-bond donors (Lipinski definition) is 1. The summed E-state index contributed by atoms with van der Waals surface area (Å²) in [7, 11) is 3.29. The molecule has 0 aliphatic rings. The molecule has 0 atom stereocenters. The number of ether oxygens (including phenoxy) is 2. The monoisotopic (exact) mass is 348 g/mol. The van der Waals surface area contributed by atoms with Crippen molar-refractivity contribution in [1.82, 2.24) is 0 Å². The molecule has 0 amide bonds. The lowest BCUT2D eigenvalue weighted by Gasteiger charge is -2.17. The third-order valence-corrected chi connectivity index (χ3v) is 4.54. The highest BCUT2D eigenvalue weighted by atomic mass is 16.5. The SMILES string of the molecule is COc1ccc(C)cc1-c1cc(C)cc(-c2cc(C)ccc2OC)c1O. The van der Waals surface area contributed by atoms with Crippen LogP contribution >= 0.6 is 0 Å². The molecule has 3 aromatic rings. The summed E-state index contributed by atoms with van der Waals surface area (Å²) in [6, 6.07) is 15.9. The number of phenols is 1. The van der Waals surface area contributed by atoms with Gasteiger partial charge in [0.25, 0.3) is 0 Å². The van der Waals surface area contributed by atoms with E-state index in [4.69, 9.17) is 9.47 Å². The van der Waals surface area contributed by atoms with E-state index in [0.717, 1.165) is 50.4 Å². The number of aryl methyl sites for hydroxylation is 3. The van der Waals surface area contributed by atoms with Gasteiger partial charge in [-0.1, -0.05) is 23.3 Å². The first-order chi connectivity index (χ1) is 12.4. The Kier molecular flexibility index (Phi) is 4.90. The Hall–Kier alpha value is -2.94. The fraction of sp³-hybridized carbons (Fsp3) is 0.217. The molecular weight excluding hydrogens is 324 g/mol. The lowest BCUT2D eigenvalue weighted by Crippen LogP contribution is -1.94. The van der Waals surface area contributed by atoms with Crippen molar-refractivity contribution >= 4 is 0 Å². The van der Waals surface area contributed by atoms with Crippen molar-refractivity contribution in [2.24, 2.45) is 0 Å². The highest BCUT2D eigenvalue weighted by Gasteiger charge is 2.18. The highest BCUT2D eigenvalue weighted by molar-refractivity contribution is 5.87. The van der Waals surface area contributed by atoms with Gasteiger partial charge in [-0.25, -0.2) is 0 Å². The van der Waals surface area contributed by atoms with Gasteiger partial charge < -0.3 is 14.6 Å². The van der Waals surface area contributed by atoms with Gasteiger partial charge in [0.2, 0.25) is 0 Å². The minimum atomic E-state index is 0.225. The van der Waals surface area contributed by atoms with Crippen molar-refractivity contribution in [1.29, 1.82) is 0 Å². The Morgan fingerprint density at radius 1 is 0.577 bits per heavy atom. The Morgan fingerprint density at radius 2 is 0.962 bits per heavy atom. The number of methoxy groups -OCH3 is 2. The van der Waals surface area contributed by atoms with E-state index in [1.165, 1.54) is 0 Å². The van der Waals surface area contributed by atoms with E-state index < -0.39 is 0 Å². The molecular formula is C23H24O3. The summed E-state index contributed by atoms with van der Waals surface area (Å²) >= 11 is 0. The largest absolute Gasteiger partial charge is 0.507 e. The second kappa shape index (κ2) is 7.12. The molecule has 0 heterocycles. The number of phenolic OH excluding ortho intramolecular Hbond substituents is 1. The average molecular weight is 348 g/mol. The van der Waals surface area contributed by atoms with Crippen LogP contribution in [0, 0.1) is 20.8 Å². The van der Waals surface area contributed by atoms with E-state index in [0.29, 0.717) is 0 Å². The Labute approximate surface area is 154 Å². The zero-order valence-corrected chi connectivity index (χ0v) is 15.9. The molecule has 26 heavy (non-hydrogen) atoms. The van der Waals surface area contributed by atoms with E-state index in [2.05, 4.69) is 0 Å². The van der Waals surface area contributed by atoms with Gasteiger partial charge in [0.15, 0.2) is 0 Å². The summed E-state index contributed by atoms with van der Waals surface area (Å²) in [6.07, 6.45) is 0. The van der Waals surface area contributed by atoms with E-state index in [1.54, 1.807) is 14.2 Å². The van der Waals surface area contributed by atoms with Crippen LogP contribution in [-0.4, -0.2) is 19.3 Å². The minimum absolute atomic E-state index is 0.225. The van der Waals surface area contributed by atoms with E-state index in [-0.39, 0.29) is 5.75 Å². The van der Waals surface area contributed by atoms with Gasteiger partial charge in [0.1, 0.15) is 17.2 Å². The molecule has 3 heteroatoms. The fourth-order valence-corrected chi connectivity index (χ4v) is 3.25. The van der Waals surface area contributed by atoms with Crippen LogP contribution < -0.4 is 9.47 Å². The van der Waals surface area contributed by atoms with Crippen molar-refractivity contribution in [2.45, 2.75) is 20.8 Å². The third-order valence-electron chi connectivity index (χ3n) is 4.54. The average Bonchev–Trinajstić information content (AvgIpc) is 2.63. The summed E-state index contributed by atoms with van der Waals surface area (Å²) in [5, 5.41) is 11.1. The van der Waals surface area contributed by atoms with Gasteiger partial charge in [-0.15, -0.1) is 0 Å². The van der Waals surface area contributed by atoms with Crippen molar-refractivity contribution in [2.75, 3.05) is 14.2 Å². The number of aromatic hydroxyl groups is 1. The normalized spacial score (nSPS) is 10.7. The maximum Gasteiger partial charge on any atom is 0.131 e. The van der Waals surface area contributed by atoms with Gasteiger partial charge in [-0.3, -0.25) is 0 Å². The Bertz CT molecular complexity index is 883. The van der Waals surface area contributed by atoms with Crippen LogP contribution in [0.15, 0.2) is 48.5 Å². The predicted octanol–water partition coefficient (Wildman–Crippen LogP) is 5.67. The first kappa shape index (κ1) is 17.9. The van der Waals surface area contributed by atoms with E-state index >= 15 is 0 Å². The maximum atomic E-state index is 11.1. The molecule has 3 rings (SSSR count). The molecule has 0 saturated heterocycles. The quantitative estimate of drug-likeness (QED) is 0.660. The van der Waals surface area contributed by atoms with Gasteiger partial charge in [0, 0.05) is 22.3 Å². The van der Waals surface area contributed by atoms with E-state index in [1.807, 2.05) is 69.3 Å². The van der Waals surface area contributed by atoms with Gasteiger partial charge >= 0.3 is 0 Å². The second-order valence-corrected chi connectivity index (χ2v) is 6.62. The summed E-state index contributed by atoms with van der Waals surface area (Å²) in [6.45, 7) is 6.08. The minimum Gasteiger partial charge on any atom is -0.507 e. The second-order valence-electron chi connectivity index (χ2n) is 6.62.